The first-order valence-corrected chi connectivity index (χ1v) is 15.2. The Hall–Kier alpha value is -3.59. The molecule has 0 aliphatic carbocycles. The van der Waals surface area contributed by atoms with E-state index in [1.54, 1.807) is 27.4 Å². The van der Waals surface area contributed by atoms with Crippen LogP contribution in [-0.4, -0.2) is 53.1 Å². The summed E-state index contributed by atoms with van der Waals surface area (Å²) in [5.74, 6) is 0.371. The van der Waals surface area contributed by atoms with Gasteiger partial charge >= 0.3 is 0 Å². The molecule has 0 bridgehead atoms. The van der Waals surface area contributed by atoms with E-state index in [2.05, 4.69) is 24.4 Å². The Kier molecular flexibility index (Phi) is 8.14. The summed E-state index contributed by atoms with van der Waals surface area (Å²) in [4.78, 5) is 28.8. The summed E-state index contributed by atoms with van der Waals surface area (Å²) in [5, 5.41) is 8.40. The number of para-hydroxylation sites is 1. The van der Waals surface area contributed by atoms with Gasteiger partial charge in [0.1, 0.15) is 12.4 Å². The summed E-state index contributed by atoms with van der Waals surface area (Å²) < 4.78 is 7.42. The number of thioether (sulfide) groups is 1. The van der Waals surface area contributed by atoms with E-state index in [0.29, 0.717) is 29.7 Å². The van der Waals surface area contributed by atoms with E-state index in [1.807, 2.05) is 60.7 Å². The molecule has 1 fully saturated rings. The molecule has 0 saturated carbocycles. The average Bonchev–Trinajstić information content (AvgIpc) is 3.62. The second kappa shape index (κ2) is 12.1. The molecule has 3 aromatic carbocycles. The van der Waals surface area contributed by atoms with Crippen LogP contribution in [-0.2, 0) is 14.3 Å². The van der Waals surface area contributed by atoms with Gasteiger partial charge in [0.25, 0.3) is 0 Å². The van der Waals surface area contributed by atoms with Crippen LogP contribution in [0, 0.1) is 6.92 Å². The molecule has 0 unspecified atom stereocenters. The molecule has 1 saturated heterocycles. The third-order valence-corrected chi connectivity index (χ3v) is 9.10. The first-order chi connectivity index (χ1) is 20.0. The van der Waals surface area contributed by atoms with Crippen LogP contribution >= 0.6 is 23.4 Å². The minimum atomic E-state index is -0.243. The van der Waals surface area contributed by atoms with Crippen LogP contribution in [0.15, 0.2) is 78.9 Å². The number of anilines is 1. The van der Waals surface area contributed by atoms with E-state index < -0.39 is 0 Å². The molecule has 0 radical (unpaired) electrons. The number of benzene rings is 3. The van der Waals surface area contributed by atoms with Crippen LogP contribution in [0.5, 0.6) is 0 Å². The SMILES string of the molecule is Cc1ccccc1[C@H]1SCC(=O)N(CC(=O)NC[C@H]2CCCO2)c2c1c(-c1ccccc1)nn2-c1ccccc1Cl. The van der Waals surface area contributed by atoms with Gasteiger partial charge in [-0.2, -0.15) is 5.10 Å². The highest BCUT2D eigenvalue weighted by Gasteiger charge is 2.38. The predicted molar refractivity (Wildman–Crippen MR) is 164 cm³/mol. The molecule has 4 aromatic rings. The third kappa shape index (κ3) is 5.64. The Balaban J connectivity index is 1.54. The van der Waals surface area contributed by atoms with E-state index in [1.165, 1.54) is 0 Å². The Bertz CT molecular complexity index is 1570. The van der Waals surface area contributed by atoms with Crippen LogP contribution in [0.2, 0.25) is 5.02 Å². The molecule has 1 N–H and O–H groups in total. The lowest BCUT2D eigenvalue weighted by Crippen LogP contribution is -2.44. The number of aryl methyl sites for hydroxylation is 1. The molecule has 0 spiro atoms. The van der Waals surface area contributed by atoms with Gasteiger partial charge in [-0.15, -0.1) is 11.8 Å². The summed E-state index contributed by atoms with van der Waals surface area (Å²) in [5.41, 5.74) is 5.42. The number of nitrogens with zero attached hydrogens (tertiary/aromatic N) is 3. The first kappa shape index (κ1) is 27.6. The number of carbonyl (C=O) groups excluding carboxylic acids is 2. The van der Waals surface area contributed by atoms with Crippen LogP contribution < -0.4 is 10.2 Å². The van der Waals surface area contributed by atoms with Gasteiger partial charge in [-0.1, -0.05) is 78.3 Å². The topological polar surface area (TPSA) is 76.5 Å². The number of aromatic nitrogens is 2. The molecular weight excluding hydrogens is 556 g/mol. The smallest absolute Gasteiger partial charge is 0.240 e. The molecular formula is C32H31ClN4O3S. The maximum Gasteiger partial charge on any atom is 0.240 e. The number of fused-ring (bicyclic) bond motifs is 1. The van der Waals surface area contributed by atoms with Crippen LogP contribution in [0.1, 0.15) is 34.8 Å². The van der Waals surface area contributed by atoms with Gasteiger partial charge in [0, 0.05) is 24.3 Å². The Morgan fingerprint density at radius 2 is 1.83 bits per heavy atom. The van der Waals surface area contributed by atoms with Crippen LogP contribution in [0.4, 0.5) is 5.82 Å². The molecule has 2 amide bonds. The van der Waals surface area contributed by atoms with Gasteiger partial charge < -0.3 is 10.1 Å². The van der Waals surface area contributed by atoms with Crippen molar-refractivity contribution >= 4 is 41.0 Å². The fraction of sp³-hybridized carbons (Fsp3) is 0.281. The molecule has 2 atom stereocenters. The predicted octanol–water partition coefficient (Wildman–Crippen LogP) is 5.97. The van der Waals surface area contributed by atoms with Crippen molar-refractivity contribution in [1.29, 1.82) is 0 Å². The number of halogens is 1. The van der Waals surface area contributed by atoms with Crippen molar-refractivity contribution in [2.45, 2.75) is 31.1 Å². The minimum Gasteiger partial charge on any atom is -0.376 e. The zero-order valence-corrected chi connectivity index (χ0v) is 24.3. The van der Waals surface area contributed by atoms with Crippen molar-refractivity contribution in [3.05, 3.63) is 101 Å². The summed E-state index contributed by atoms with van der Waals surface area (Å²) in [6.07, 6.45) is 1.92. The van der Waals surface area contributed by atoms with Gasteiger partial charge in [-0.3, -0.25) is 14.5 Å². The zero-order chi connectivity index (χ0) is 28.3. The van der Waals surface area contributed by atoms with Crippen molar-refractivity contribution in [2.75, 3.05) is 30.3 Å². The molecule has 9 heteroatoms. The van der Waals surface area contributed by atoms with Crippen molar-refractivity contribution in [1.82, 2.24) is 15.1 Å². The molecule has 2 aliphatic rings. The van der Waals surface area contributed by atoms with E-state index in [0.717, 1.165) is 40.8 Å². The first-order valence-electron chi connectivity index (χ1n) is 13.8. The summed E-state index contributed by atoms with van der Waals surface area (Å²) in [6, 6.07) is 25.6. The lowest BCUT2D eigenvalue weighted by Gasteiger charge is -2.24. The van der Waals surface area contributed by atoms with Crippen LogP contribution in [0.25, 0.3) is 16.9 Å². The second-order valence-corrected chi connectivity index (χ2v) is 11.8. The highest BCUT2D eigenvalue weighted by molar-refractivity contribution is 8.00. The largest absolute Gasteiger partial charge is 0.376 e. The summed E-state index contributed by atoms with van der Waals surface area (Å²) in [7, 11) is 0. The number of rotatable bonds is 7. The lowest BCUT2D eigenvalue weighted by molar-refractivity contribution is -0.123. The number of ether oxygens (including phenoxy) is 1. The highest BCUT2D eigenvalue weighted by Crippen LogP contribution is 2.49. The molecule has 6 rings (SSSR count). The number of hydrogen-bond acceptors (Lipinski definition) is 5. The van der Waals surface area contributed by atoms with E-state index in [9.17, 15) is 9.59 Å². The fourth-order valence-corrected chi connectivity index (χ4v) is 6.99. The summed E-state index contributed by atoms with van der Waals surface area (Å²) >= 11 is 8.28. The van der Waals surface area contributed by atoms with Crippen molar-refractivity contribution in [3.8, 4) is 16.9 Å². The van der Waals surface area contributed by atoms with E-state index in [-0.39, 0.29) is 35.5 Å². The van der Waals surface area contributed by atoms with Gasteiger partial charge in [-0.25, -0.2) is 4.68 Å². The zero-order valence-electron chi connectivity index (χ0n) is 22.8. The lowest BCUT2D eigenvalue weighted by atomic mass is 9.97. The maximum atomic E-state index is 13.9. The standard InChI is InChI=1S/C32H31ClN4O3S/c1-21-10-5-6-14-24(21)31-29-30(22-11-3-2-4-12-22)35-37(26-16-8-7-15-25(26)33)32(29)36(28(39)20-41-31)19-27(38)34-18-23-13-9-17-40-23/h2-8,10-12,14-16,23,31H,9,13,17-20H2,1H3,(H,34,38)/t23-,31-/m1/s1. The maximum absolute atomic E-state index is 13.9. The molecule has 210 valence electrons. The van der Waals surface area contributed by atoms with E-state index in [4.69, 9.17) is 21.4 Å². The number of amides is 2. The van der Waals surface area contributed by atoms with Crippen molar-refractivity contribution < 1.29 is 14.3 Å². The van der Waals surface area contributed by atoms with Gasteiger partial charge in [0.15, 0.2) is 0 Å². The van der Waals surface area contributed by atoms with Gasteiger partial charge in [0.05, 0.1) is 33.5 Å². The molecule has 2 aliphatic heterocycles. The minimum absolute atomic E-state index is 0.00803. The monoisotopic (exact) mass is 586 g/mol. The van der Waals surface area contributed by atoms with Crippen molar-refractivity contribution in [3.63, 3.8) is 0 Å². The second-order valence-electron chi connectivity index (χ2n) is 10.3. The Labute approximate surface area is 248 Å². The number of hydrogen-bond donors (Lipinski definition) is 1. The highest BCUT2D eigenvalue weighted by atomic mass is 35.5. The molecule has 3 heterocycles. The quantitative estimate of drug-likeness (QED) is 0.289. The number of nitrogens with one attached hydrogen (secondary N) is 1. The Morgan fingerprint density at radius 1 is 1.07 bits per heavy atom. The van der Waals surface area contributed by atoms with Crippen molar-refractivity contribution in [2.24, 2.45) is 0 Å². The number of carbonyl (C=O) groups is 2. The van der Waals surface area contributed by atoms with E-state index >= 15 is 0 Å². The Morgan fingerprint density at radius 3 is 2.59 bits per heavy atom. The third-order valence-electron chi connectivity index (χ3n) is 7.54. The summed E-state index contributed by atoms with van der Waals surface area (Å²) in [6.45, 7) is 3.09. The normalized spacial score (nSPS) is 18.7. The molecule has 1 aromatic heterocycles. The van der Waals surface area contributed by atoms with Gasteiger partial charge in [-0.05, 0) is 43.0 Å². The molecule has 41 heavy (non-hydrogen) atoms. The molecule has 7 nitrogen and oxygen atoms in total. The average molecular weight is 587 g/mol. The van der Waals surface area contributed by atoms with Gasteiger partial charge in [0.2, 0.25) is 11.8 Å². The fourth-order valence-electron chi connectivity index (χ4n) is 5.48. The van der Waals surface area contributed by atoms with Crippen LogP contribution in [0.3, 0.4) is 0 Å².